The minimum Gasteiger partial charge on any atom is -0.360 e. The van der Waals surface area contributed by atoms with E-state index in [4.69, 9.17) is 12.2 Å². The zero-order valence-electron chi connectivity index (χ0n) is 8.37. The Balaban J connectivity index is 1.95. The highest BCUT2D eigenvalue weighted by Gasteiger charge is 2.21. The van der Waals surface area contributed by atoms with Crippen LogP contribution in [-0.4, -0.2) is 20.9 Å². The van der Waals surface area contributed by atoms with Gasteiger partial charge in [0, 0.05) is 19.2 Å². The van der Waals surface area contributed by atoms with Gasteiger partial charge in [-0.3, -0.25) is 4.68 Å². The summed E-state index contributed by atoms with van der Waals surface area (Å²) < 4.78 is 1.79. The lowest BCUT2D eigenvalue weighted by molar-refractivity contribution is 0.764. The Bertz CT molecular complexity index is 354. The van der Waals surface area contributed by atoms with Crippen LogP contribution in [0, 0.1) is 6.92 Å². The zero-order chi connectivity index (χ0) is 10.1. The molecule has 1 heterocycles. The van der Waals surface area contributed by atoms with Gasteiger partial charge in [-0.2, -0.15) is 5.10 Å². The molecule has 1 aromatic rings. The molecule has 0 aromatic carbocycles. The van der Waals surface area contributed by atoms with E-state index in [1.807, 2.05) is 20.0 Å². The average Bonchev–Trinajstić information content (AvgIpc) is 2.81. The molecule has 1 aliphatic carbocycles. The molecule has 2 rings (SSSR count). The number of aryl methyl sites for hydroxylation is 2. The van der Waals surface area contributed by atoms with Crippen LogP contribution in [0.4, 0.5) is 5.82 Å². The normalized spacial score (nSPS) is 15.3. The lowest BCUT2D eigenvalue weighted by Gasteiger charge is -2.08. The van der Waals surface area contributed by atoms with Crippen LogP contribution in [0.2, 0.25) is 0 Å². The first-order valence-corrected chi connectivity index (χ1v) is 5.14. The Morgan fingerprint density at radius 2 is 2.36 bits per heavy atom. The van der Waals surface area contributed by atoms with Crippen LogP contribution < -0.4 is 10.6 Å². The van der Waals surface area contributed by atoms with Crippen molar-refractivity contribution < 1.29 is 0 Å². The molecule has 2 N–H and O–H groups in total. The Morgan fingerprint density at radius 1 is 1.64 bits per heavy atom. The SMILES string of the molecule is Cc1cc(NC(=S)NC2CC2)n(C)n1. The van der Waals surface area contributed by atoms with Gasteiger partial charge >= 0.3 is 0 Å². The molecule has 1 aliphatic rings. The summed E-state index contributed by atoms with van der Waals surface area (Å²) >= 11 is 5.16. The summed E-state index contributed by atoms with van der Waals surface area (Å²) in [4.78, 5) is 0. The zero-order valence-corrected chi connectivity index (χ0v) is 9.19. The predicted molar refractivity (Wildman–Crippen MR) is 60.3 cm³/mol. The van der Waals surface area contributed by atoms with Crippen molar-refractivity contribution in [2.24, 2.45) is 7.05 Å². The quantitative estimate of drug-likeness (QED) is 0.719. The molecular formula is C9H14N4S. The van der Waals surface area contributed by atoms with Crippen molar-refractivity contribution in [3.8, 4) is 0 Å². The number of nitrogens with one attached hydrogen (secondary N) is 2. The molecule has 0 saturated heterocycles. The third kappa shape index (κ3) is 2.23. The lowest BCUT2D eigenvalue weighted by atomic mass is 10.5. The maximum Gasteiger partial charge on any atom is 0.172 e. The lowest BCUT2D eigenvalue weighted by Crippen LogP contribution is -2.30. The number of anilines is 1. The Labute approximate surface area is 88.7 Å². The molecule has 0 unspecified atom stereocenters. The highest BCUT2D eigenvalue weighted by atomic mass is 32.1. The fraction of sp³-hybridized carbons (Fsp3) is 0.556. The molecule has 0 bridgehead atoms. The molecule has 0 aliphatic heterocycles. The fourth-order valence-corrected chi connectivity index (χ4v) is 1.56. The highest BCUT2D eigenvalue weighted by molar-refractivity contribution is 7.80. The van der Waals surface area contributed by atoms with Crippen molar-refractivity contribution in [3.05, 3.63) is 11.8 Å². The van der Waals surface area contributed by atoms with Crippen LogP contribution in [0.15, 0.2) is 6.07 Å². The summed E-state index contributed by atoms with van der Waals surface area (Å²) in [6.07, 6.45) is 2.46. The van der Waals surface area contributed by atoms with Crippen LogP contribution in [0.5, 0.6) is 0 Å². The summed E-state index contributed by atoms with van der Waals surface area (Å²) in [6.45, 7) is 1.96. The van der Waals surface area contributed by atoms with Crippen LogP contribution in [-0.2, 0) is 7.05 Å². The largest absolute Gasteiger partial charge is 0.360 e. The highest BCUT2D eigenvalue weighted by Crippen LogP contribution is 2.18. The van der Waals surface area contributed by atoms with Crippen molar-refractivity contribution in [3.63, 3.8) is 0 Å². The monoisotopic (exact) mass is 210 g/mol. The maximum absolute atomic E-state index is 5.16. The fourth-order valence-electron chi connectivity index (χ4n) is 1.29. The Morgan fingerprint density at radius 3 is 2.86 bits per heavy atom. The molecular weight excluding hydrogens is 196 g/mol. The Hall–Kier alpha value is -1.10. The topological polar surface area (TPSA) is 41.9 Å². The molecule has 1 aromatic heterocycles. The van der Waals surface area contributed by atoms with E-state index >= 15 is 0 Å². The maximum atomic E-state index is 5.16. The van der Waals surface area contributed by atoms with Crippen molar-refractivity contribution in [2.75, 3.05) is 5.32 Å². The second-order valence-corrected chi connectivity index (χ2v) is 4.08. The number of aromatic nitrogens is 2. The standard InChI is InChI=1S/C9H14N4S/c1-6-5-8(13(2)12-6)11-9(14)10-7-3-4-7/h5,7H,3-4H2,1-2H3,(H2,10,11,14). The summed E-state index contributed by atoms with van der Waals surface area (Å²) in [7, 11) is 1.90. The molecule has 14 heavy (non-hydrogen) atoms. The predicted octanol–water partition coefficient (Wildman–Crippen LogP) is 1.18. The van der Waals surface area contributed by atoms with Gasteiger partial charge in [-0.05, 0) is 32.0 Å². The van der Waals surface area contributed by atoms with Gasteiger partial charge in [-0.25, -0.2) is 0 Å². The average molecular weight is 210 g/mol. The molecule has 0 amide bonds. The molecule has 0 radical (unpaired) electrons. The first-order chi connectivity index (χ1) is 6.65. The first-order valence-electron chi connectivity index (χ1n) is 4.73. The molecule has 1 fully saturated rings. The molecule has 0 atom stereocenters. The van der Waals surface area contributed by atoms with Gasteiger partial charge in [0.05, 0.1) is 5.69 Å². The number of nitrogens with zero attached hydrogens (tertiary/aromatic N) is 2. The smallest absolute Gasteiger partial charge is 0.172 e. The number of hydrogen-bond donors (Lipinski definition) is 2. The number of rotatable bonds is 2. The minimum absolute atomic E-state index is 0.587. The van der Waals surface area contributed by atoms with Crippen molar-refractivity contribution in [1.82, 2.24) is 15.1 Å². The van der Waals surface area contributed by atoms with Crippen LogP contribution in [0.25, 0.3) is 0 Å². The molecule has 5 heteroatoms. The van der Waals surface area contributed by atoms with Gasteiger partial charge in [0.25, 0.3) is 0 Å². The first kappa shape index (κ1) is 9.45. The van der Waals surface area contributed by atoms with Gasteiger partial charge in [-0.15, -0.1) is 0 Å². The van der Waals surface area contributed by atoms with Gasteiger partial charge in [0.2, 0.25) is 0 Å². The van der Waals surface area contributed by atoms with Crippen LogP contribution in [0.3, 0.4) is 0 Å². The number of hydrogen-bond acceptors (Lipinski definition) is 2. The second kappa shape index (κ2) is 3.57. The second-order valence-electron chi connectivity index (χ2n) is 3.67. The summed E-state index contributed by atoms with van der Waals surface area (Å²) in [6, 6.07) is 2.56. The van der Waals surface area contributed by atoms with E-state index in [1.54, 1.807) is 4.68 Å². The van der Waals surface area contributed by atoms with E-state index in [2.05, 4.69) is 15.7 Å². The molecule has 0 spiro atoms. The van der Waals surface area contributed by atoms with Gasteiger partial charge in [-0.1, -0.05) is 0 Å². The minimum atomic E-state index is 0.587. The summed E-state index contributed by atoms with van der Waals surface area (Å²) in [5.74, 6) is 0.931. The van der Waals surface area contributed by atoms with Crippen molar-refractivity contribution in [1.29, 1.82) is 0 Å². The van der Waals surface area contributed by atoms with E-state index < -0.39 is 0 Å². The summed E-state index contributed by atoms with van der Waals surface area (Å²) in [5.41, 5.74) is 0.990. The summed E-state index contributed by atoms with van der Waals surface area (Å²) in [5, 5.41) is 11.3. The van der Waals surface area contributed by atoms with Crippen molar-refractivity contribution >= 4 is 23.1 Å². The van der Waals surface area contributed by atoms with Gasteiger partial charge in [0.1, 0.15) is 5.82 Å². The van der Waals surface area contributed by atoms with Gasteiger partial charge < -0.3 is 10.6 Å². The molecule has 4 nitrogen and oxygen atoms in total. The van der Waals surface area contributed by atoms with Gasteiger partial charge in [0.15, 0.2) is 5.11 Å². The van der Waals surface area contributed by atoms with Crippen LogP contribution in [0.1, 0.15) is 18.5 Å². The molecule has 1 saturated carbocycles. The van der Waals surface area contributed by atoms with E-state index in [-0.39, 0.29) is 0 Å². The van der Waals surface area contributed by atoms with E-state index in [0.29, 0.717) is 11.2 Å². The van der Waals surface area contributed by atoms with Crippen molar-refractivity contribution in [2.45, 2.75) is 25.8 Å². The third-order valence-electron chi connectivity index (χ3n) is 2.16. The molecule has 76 valence electrons. The van der Waals surface area contributed by atoms with Crippen LogP contribution >= 0.6 is 12.2 Å². The number of thiocarbonyl (C=S) groups is 1. The Kier molecular flexibility index (Phi) is 2.41. The third-order valence-corrected chi connectivity index (χ3v) is 2.38. The van der Waals surface area contributed by atoms with E-state index in [1.165, 1.54) is 12.8 Å². The van der Waals surface area contributed by atoms with E-state index in [0.717, 1.165) is 11.5 Å². The van der Waals surface area contributed by atoms with E-state index in [9.17, 15) is 0 Å².